The molecular formula is C18H17NO3. The summed E-state index contributed by atoms with van der Waals surface area (Å²) in [6.07, 6.45) is -0.170. The van der Waals surface area contributed by atoms with Crippen molar-refractivity contribution in [2.24, 2.45) is 0 Å². The van der Waals surface area contributed by atoms with Crippen molar-refractivity contribution in [2.45, 2.75) is 32.0 Å². The summed E-state index contributed by atoms with van der Waals surface area (Å²) in [6.45, 7) is 3.96. The number of carbonyl (C=O) groups is 1. The minimum Gasteiger partial charge on any atom is -0.491 e. The second-order valence-electron chi connectivity index (χ2n) is 6.06. The molecule has 2 aromatic rings. The van der Waals surface area contributed by atoms with Crippen molar-refractivity contribution in [3.8, 4) is 11.5 Å². The zero-order chi connectivity index (χ0) is 15.4. The lowest BCUT2D eigenvalue weighted by Crippen LogP contribution is -2.08. The first kappa shape index (κ1) is 13.2. The van der Waals surface area contributed by atoms with E-state index < -0.39 is 0 Å². The van der Waals surface area contributed by atoms with Crippen LogP contribution in [0.4, 0.5) is 5.69 Å². The van der Waals surface area contributed by atoms with E-state index >= 15 is 0 Å². The van der Waals surface area contributed by atoms with Crippen molar-refractivity contribution >= 4 is 11.5 Å². The number of ketones is 1. The van der Waals surface area contributed by atoms with E-state index in [0.29, 0.717) is 11.3 Å². The third-order valence-electron chi connectivity index (χ3n) is 4.21. The fourth-order valence-electron chi connectivity index (χ4n) is 3.37. The number of rotatable bonds is 2. The number of anilines is 1. The summed E-state index contributed by atoms with van der Waals surface area (Å²) < 4.78 is 11.7. The Hall–Kier alpha value is -2.49. The van der Waals surface area contributed by atoms with E-state index in [2.05, 4.69) is 0 Å². The largest absolute Gasteiger partial charge is 0.491 e. The lowest BCUT2D eigenvalue weighted by molar-refractivity contribution is 0.0935. The molecule has 0 saturated carbocycles. The first-order valence-corrected chi connectivity index (χ1v) is 7.46. The second kappa shape index (κ2) is 4.50. The molecule has 2 N–H and O–H groups in total. The molecule has 1 aliphatic carbocycles. The van der Waals surface area contributed by atoms with Crippen molar-refractivity contribution < 1.29 is 14.3 Å². The Balaban J connectivity index is 1.76. The quantitative estimate of drug-likeness (QED) is 0.862. The van der Waals surface area contributed by atoms with Crippen LogP contribution in [0.2, 0.25) is 0 Å². The lowest BCUT2D eigenvalue weighted by Gasteiger charge is -2.12. The lowest BCUT2D eigenvalue weighted by atomic mass is 9.95. The maximum Gasteiger partial charge on any atom is 0.177 e. The first-order chi connectivity index (χ1) is 10.6. The molecule has 1 heterocycles. The SMILES string of the molecule is CC(C)Oc1ccc2c(c1)OC1c3cccc(N)c3C(=O)C21. The molecule has 112 valence electrons. The number of nitrogens with two attached hydrogens (primary N) is 1. The summed E-state index contributed by atoms with van der Waals surface area (Å²) in [7, 11) is 0. The first-order valence-electron chi connectivity index (χ1n) is 7.46. The summed E-state index contributed by atoms with van der Waals surface area (Å²) >= 11 is 0. The predicted molar refractivity (Wildman–Crippen MR) is 83.5 cm³/mol. The molecule has 2 aromatic carbocycles. The molecular weight excluding hydrogens is 278 g/mol. The Labute approximate surface area is 128 Å². The van der Waals surface area contributed by atoms with E-state index in [9.17, 15) is 4.79 Å². The fraction of sp³-hybridized carbons (Fsp3) is 0.278. The van der Waals surface area contributed by atoms with Gasteiger partial charge >= 0.3 is 0 Å². The Morgan fingerprint density at radius 3 is 2.77 bits per heavy atom. The third kappa shape index (κ3) is 1.73. The van der Waals surface area contributed by atoms with Crippen LogP contribution in [-0.2, 0) is 0 Å². The summed E-state index contributed by atoms with van der Waals surface area (Å²) in [5.74, 6) is 1.25. The van der Waals surface area contributed by atoms with Gasteiger partial charge in [0.25, 0.3) is 0 Å². The van der Waals surface area contributed by atoms with Gasteiger partial charge in [-0.05, 0) is 26.0 Å². The van der Waals surface area contributed by atoms with Crippen molar-refractivity contribution in [3.05, 3.63) is 53.1 Å². The zero-order valence-electron chi connectivity index (χ0n) is 12.5. The summed E-state index contributed by atoms with van der Waals surface area (Å²) in [6, 6.07) is 11.2. The van der Waals surface area contributed by atoms with Crippen molar-refractivity contribution in [2.75, 3.05) is 5.73 Å². The van der Waals surface area contributed by atoms with Crippen LogP contribution in [0.15, 0.2) is 36.4 Å². The van der Waals surface area contributed by atoms with Gasteiger partial charge in [-0.2, -0.15) is 0 Å². The van der Waals surface area contributed by atoms with E-state index in [1.165, 1.54) is 0 Å². The van der Waals surface area contributed by atoms with Gasteiger partial charge in [0.1, 0.15) is 17.6 Å². The van der Waals surface area contributed by atoms with Gasteiger partial charge in [0.15, 0.2) is 5.78 Å². The molecule has 0 amide bonds. The summed E-state index contributed by atoms with van der Waals surface area (Å²) in [5.41, 5.74) is 8.92. The molecule has 0 spiro atoms. The Morgan fingerprint density at radius 2 is 2.00 bits per heavy atom. The molecule has 4 heteroatoms. The van der Waals surface area contributed by atoms with Crippen LogP contribution in [0.1, 0.15) is 47.4 Å². The van der Waals surface area contributed by atoms with Gasteiger partial charge in [0.05, 0.1) is 12.0 Å². The summed E-state index contributed by atoms with van der Waals surface area (Å²) in [4.78, 5) is 12.7. The van der Waals surface area contributed by atoms with Gasteiger partial charge in [-0.15, -0.1) is 0 Å². The zero-order valence-corrected chi connectivity index (χ0v) is 12.5. The topological polar surface area (TPSA) is 61.6 Å². The summed E-state index contributed by atoms with van der Waals surface area (Å²) in [5, 5.41) is 0. The molecule has 2 atom stereocenters. The predicted octanol–water partition coefficient (Wildman–Crippen LogP) is 3.47. The van der Waals surface area contributed by atoms with E-state index in [0.717, 1.165) is 22.6 Å². The molecule has 0 bridgehead atoms. The highest BCUT2D eigenvalue weighted by Gasteiger charge is 2.48. The van der Waals surface area contributed by atoms with E-state index in [-0.39, 0.29) is 23.9 Å². The highest BCUT2D eigenvalue weighted by molar-refractivity contribution is 6.10. The molecule has 4 nitrogen and oxygen atoms in total. The average molecular weight is 295 g/mol. The van der Waals surface area contributed by atoms with Gasteiger partial charge in [0, 0.05) is 28.4 Å². The maximum absolute atomic E-state index is 12.7. The van der Waals surface area contributed by atoms with Crippen LogP contribution in [-0.4, -0.2) is 11.9 Å². The molecule has 2 aliphatic rings. The minimum atomic E-state index is -0.289. The number of ether oxygens (including phenoxy) is 2. The van der Waals surface area contributed by atoms with E-state index in [1.54, 1.807) is 6.07 Å². The molecule has 0 radical (unpaired) electrons. The molecule has 1 aliphatic heterocycles. The number of Topliss-reactive ketones (excluding diaryl/α,β-unsaturated/α-hetero) is 1. The number of carbonyl (C=O) groups excluding carboxylic acids is 1. The van der Waals surface area contributed by atoms with Crippen LogP contribution in [0, 0.1) is 0 Å². The molecule has 22 heavy (non-hydrogen) atoms. The highest BCUT2D eigenvalue weighted by atomic mass is 16.5. The molecule has 0 saturated heterocycles. The van der Waals surface area contributed by atoms with Crippen molar-refractivity contribution in [1.82, 2.24) is 0 Å². The van der Waals surface area contributed by atoms with Crippen LogP contribution in [0.25, 0.3) is 0 Å². The molecule has 0 fully saturated rings. The van der Waals surface area contributed by atoms with Gasteiger partial charge in [0.2, 0.25) is 0 Å². The second-order valence-corrected chi connectivity index (χ2v) is 6.06. The Kier molecular flexibility index (Phi) is 2.70. The monoisotopic (exact) mass is 295 g/mol. The normalized spacial score (nSPS) is 21.3. The van der Waals surface area contributed by atoms with Gasteiger partial charge in [-0.3, -0.25) is 4.79 Å². The standard InChI is InChI=1S/C18H17NO3/c1-9(2)21-10-6-7-11-14(8-10)22-18-12-4-3-5-13(19)15(12)17(20)16(11)18/h3-9,16,18H,19H2,1-2H3. The van der Waals surface area contributed by atoms with Crippen LogP contribution < -0.4 is 15.2 Å². The number of nitrogen functional groups attached to an aromatic ring is 1. The van der Waals surface area contributed by atoms with Gasteiger partial charge < -0.3 is 15.2 Å². The third-order valence-corrected chi connectivity index (χ3v) is 4.21. The number of benzene rings is 2. The van der Waals surface area contributed by atoms with Crippen LogP contribution in [0.3, 0.4) is 0 Å². The van der Waals surface area contributed by atoms with Crippen molar-refractivity contribution in [3.63, 3.8) is 0 Å². The Bertz CT molecular complexity index is 782. The van der Waals surface area contributed by atoms with E-state index in [1.807, 2.05) is 44.2 Å². The Morgan fingerprint density at radius 1 is 1.18 bits per heavy atom. The number of fused-ring (bicyclic) bond motifs is 5. The van der Waals surface area contributed by atoms with Gasteiger partial charge in [-0.1, -0.05) is 18.2 Å². The van der Waals surface area contributed by atoms with Gasteiger partial charge in [-0.25, -0.2) is 0 Å². The highest BCUT2D eigenvalue weighted by Crippen LogP contribution is 2.54. The maximum atomic E-state index is 12.7. The number of hydrogen-bond donors (Lipinski definition) is 1. The smallest absolute Gasteiger partial charge is 0.177 e. The van der Waals surface area contributed by atoms with Crippen LogP contribution >= 0.6 is 0 Å². The van der Waals surface area contributed by atoms with Crippen LogP contribution in [0.5, 0.6) is 11.5 Å². The van der Waals surface area contributed by atoms with E-state index in [4.69, 9.17) is 15.2 Å². The molecule has 0 aromatic heterocycles. The van der Waals surface area contributed by atoms with Crippen molar-refractivity contribution in [1.29, 1.82) is 0 Å². The average Bonchev–Trinajstić information content (AvgIpc) is 2.95. The molecule has 4 rings (SSSR count). The fourth-order valence-corrected chi connectivity index (χ4v) is 3.37. The number of hydrogen-bond acceptors (Lipinski definition) is 4. The minimum absolute atomic E-state index is 0.0503. The molecule has 2 unspecified atom stereocenters.